The minimum Gasteiger partial charge on any atom is -0.370 e. The van der Waals surface area contributed by atoms with Gasteiger partial charge in [0.15, 0.2) is 0 Å². The summed E-state index contributed by atoms with van der Waals surface area (Å²) in [5.74, 6) is 0.845. The highest BCUT2D eigenvalue weighted by Gasteiger charge is 2.07. The molecule has 128 valence electrons. The second-order valence-corrected chi connectivity index (χ2v) is 5.67. The first-order valence-corrected chi connectivity index (χ1v) is 8.08. The number of hydrogen-bond acceptors (Lipinski definition) is 5. The second-order valence-electron chi connectivity index (χ2n) is 4.86. The van der Waals surface area contributed by atoms with Crippen LogP contribution in [0, 0.1) is 0 Å². The molecular formula is C15H18Cl2N6O. The third-order valence-electron chi connectivity index (χ3n) is 2.97. The van der Waals surface area contributed by atoms with Crippen LogP contribution in [-0.4, -0.2) is 36.1 Å². The van der Waals surface area contributed by atoms with Gasteiger partial charge in [-0.05, 0) is 44.3 Å². The molecule has 0 radical (unpaired) electrons. The molecule has 0 aliphatic heterocycles. The van der Waals surface area contributed by atoms with Crippen molar-refractivity contribution < 1.29 is 4.79 Å². The predicted molar refractivity (Wildman–Crippen MR) is 98.2 cm³/mol. The molecule has 2 rings (SSSR count). The van der Waals surface area contributed by atoms with Crippen LogP contribution in [0.1, 0.15) is 6.42 Å². The number of nitrogens with zero attached hydrogens (tertiary/aromatic N) is 2. The first kappa shape index (κ1) is 18.3. The SMILES string of the molecule is CNCCCNc1ccnc(NC(=O)Nc2ccc(Cl)c(Cl)c2)n1. The topological polar surface area (TPSA) is 91.0 Å². The normalized spacial score (nSPS) is 10.3. The van der Waals surface area contributed by atoms with Gasteiger partial charge >= 0.3 is 6.03 Å². The van der Waals surface area contributed by atoms with Gasteiger partial charge in [-0.3, -0.25) is 5.32 Å². The van der Waals surface area contributed by atoms with E-state index in [-0.39, 0.29) is 5.95 Å². The van der Waals surface area contributed by atoms with Crippen molar-refractivity contribution >= 4 is 46.7 Å². The molecule has 2 aromatic rings. The number of rotatable bonds is 7. The Morgan fingerprint density at radius 1 is 1.12 bits per heavy atom. The number of amides is 2. The van der Waals surface area contributed by atoms with Gasteiger partial charge in [0.25, 0.3) is 0 Å². The van der Waals surface area contributed by atoms with E-state index in [0.717, 1.165) is 19.5 Å². The van der Waals surface area contributed by atoms with Crippen molar-refractivity contribution in [2.24, 2.45) is 0 Å². The summed E-state index contributed by atoms with van der Waals surface area (Å²) in [6.45, 7) is 1.68. The van der Waals surface area contributed by atoms with Crippen molar-refractivity contribution in [2.45, 2.75) is 6.42 Å². The summed E-state index contributed by atoms with van der Waals surface area (Å²) in [6.07, 6.45) is 2.53. The molecule has 0 atom stereocenters. The molecular weight excluding hydrogens is 351 g/mol. The number of carbonyl (C=O) groups excluding carboxylic acids is 1. The third-order valence-corrected chi connectivity index (χ3v) is 3.71. The Kier molecular flexibility index (Phi) is 7.05. The van der Waals surface area contributed by atoms with Gasteiger partial charge in [-0.25, -0.2) is 9.78 Å². The molecule has 1 aromatic heterocycles. The Hall–Kier alpha value is -2.09. The summed E-state index contributed by atoms with van der Waals surface area (Å²) in [5.41, 5.74) is 0.517. The molecule has 4 N–H and O–H groups in total. The van der Waals surface area contributed by atoms with E-state index < -0.39 is 6.03 Å². The lowest BCUT2D eigenvalue weighted by atomic mass is 10.3. The summed E-state index contributed by atoms with van der Waals surface area (Å²) in [7, 11) is 1.90. The predicted octanol–water partition coefficient (Wildman–Crippen LogP) is 3.45. The number of aromatic nitrogens is 2. The zero-order valence-electron chi connectivity index (χ0n) is 13.1. The number of nitrogens with one attached hydrogen (secondary N) is 4. The first-order valence-electron chi connectivity index (χ1n) is 7.33. The van der Waals surface area contributed by atoms with Crippen LogP contribution in [0.4, 0.5) is 22.2 Å². The summed E-state index contributed by atoms with van der Waals surface area (Å²) in [6, 6.07) is 6.08. The molecule has 1 heterocycles. The summed E-state index contributed by atoms with van der Waals surface area (Å²) >= 11 is 11.7. The maximum atomic E-state index is 12.0. The number of urea groups is 1. The average molecular weight is 369 g/mol. The quantitative estimate of drug-likeness (QED) is 0.561. The molecule has 9 heteroatoms. The second kappa shape index (κ2) is 9.27. The lowest BCUT2D eigenvalue weighted by Crippen LogP contribution is -2.21. The Morgan fingerprint density at radius 2 is 1.96 bits per heavy atom. The number of carbonyl (C=O) groups is 1. The highest BCUT2D eigenvalue weighted by atomic mass is 35.5. The van der Waals surface area contributed by atoms with Crippen LogP contribution in [0.2, 0.25) is 10.0 Å². The molecule has 0 unspecified atom stereocenters. The van der Waals surface area contributed by atoms with Gasteiger partial charge in [0, 0.05) is 18.4 Å². The van der Waals surface area contributed by atoms with Gasteiger partial charge in [0.2, 0.25) is 5.95 Å². The summed E-state index contributed by atoms with van der Waals surface area (Å²) in [5, 5.41) is 12.2. The Balaban J connectivity index is 1.90. The lowest BCUT2D eigenvalue weighted by molar-refractivity contribution is 0.262. The van der Waals surface area contributed by atoms with Crippen molar-refractivity contribution in [1.29, 1.82) is 0 Å². The largest absolute Gasteiger partial charge is 0.370 e. The Morgan fingerprint density at radius 3 is 2.71 bits per heavy atom. The van der Waals surface area contributed by atoms with Crippen LogP contribution < -0.4 is 21.3 Å². The molecule has 0 fully saturated rings. The fourth-order valence-corrected chi connectivity index (χ4v) is 2.13. The van der Waals surface area contributed by atoms with Gasteiger partial charge < -0.3 is 16.0 Å². The average Bonchev–Trinajstić information content (AvgIpc) is 2.55. The van der Waals surface area contributed by atoms with Gasteiger partial charge in [-0.15, -0.1) is 0 Å². The molecule has 0 aliphatic rings. The van der Waals surface area contributed by atoms with Crippen molar-refractivity contribution in [3.8, 4) is 0 Å². The van der Waals surface area contributed by atoms with Crippen LogP contribution in [0.3, 0.4) is 0 Å². The van der Waals surface area contributed by atoms with Crippen LogP contribution in [0.15, 0.2) is 30.5 Å². The van der Waals surface area contributed by atoms with Crippen LogP contribution in [-0.2, 0) is 0 Å². The van der Waals surface area contributed by atoms with E-state index in [0.29, 0.717) is 21.6 Å². The van der Waals surface area contributed by atoms with Crippen LogP contribution >= 0.6 is 23.2 Å². The molecule has 0 spiro atoms. The van der Waals surface area contributed by atoms with E-state index in [1.54, 1.807) is 30.5 Å². The van der Waals surface area contributed by atoms with Gasteiger partial charge in [0.05, 0.1) is 10.0 Å². The van der Waals surface area contributed by atoms with E-state index in [1.807, 2.05) is 7.05 Å². The van der Waals surface area contributed by atoms with Crippen molar-refractivity contribution in [1.82, 2.24) is 15.3 Å². The monoisotopic (exact) mass is 368 g/mol. The van der Waals surface area contributed by atoms with E-state index in [9.17, 15) is 4.79 Å². The van der Waals surface area contributed by atoms with Gasteiger partial charge in [-0.1, -0.05) is 23.2 Å². The number of halogens is 2. The Labute approximate surface area is 150 Å². The van der Waals surface area contributed by atoms with Crippen LogP contribution in [0.5, 0.6) is 0 Å². The van der Waals surface area contributed by atoms with Crippen LogP contribution in [0.25, 0.3) is 0 Å². The van der Waals surface area contributed by atoms with E-state index in [2.05, 4.69) is 31.2 Å². The van der Waals surface area contributed by atoms with Crippen molar-refractivity contribution in [2.75, 3.05) is 36.1 Å². The standard InChI is InChI=1S/C15H18Cl2N6O/c1-18-6-2-7-19-13-5-8-20-14(22-13)23-15(24)21-10-3-4-11(16)12(17)9-10/h3-5,8-9,18H,2,6-7H2,1H3,(H3,19,20,21,22,23,24). The maximum absolute atomic E-state index is 12.0. The minimum absolute atomic E-state index is 0.200. The van der Waals surface area contributed by atoms with Gasteiger partial charge in [0.1, 0.15) is 5.82 Å². The van der Waals surface area contributed by atoms with Crippen molar-refractivity contribution in [3.63, 3.8) is 0 Å². The molecule has 1 aromatic carbocycles. The Bertz CT molecular complexity index is 697. The smallest absolute Gasteiger partial charge is 0.326 e. The molecule has 0 bridgehead atoms. The highest BCUT2D eigenvalue weighted by Crippen LogP contribution is 2.25. The summed E-state index contributed by atoms with van der Waals surface area (Å²) in [4.78, 5) is 20.2. The fourth-order valence-electron chi connectivity index (χ4n) is 1.84. The first-order chi connectivity index (χ1) is 11.6. The molecule has 7 nitrogen and oxygen atoms in total. The number of anilines is 3. The molecule has 24 heavy (non-hydrogen) atoms. The maximum Gasteiger partial charge on any atom is 0.326 e. The van der Waals surface area contributed by atoms with Crippen molar-refractivity contribution in [3.05, 3.63) is 40.5 Å². The zero-order valence-corrected chi connectivity index (χ0v) is 14.6. The number of hydrogen-bond donors (Lipinski definition) is 4. The van der Waals surface area contributed by atoms with E-state index >= 15 is 0 Å². The molecule has 0 saturated carbocycles. The van der Waals surface area contributed by atoms with E-state index in [4.69, 9.17) is 23.2 Å². The summed E-state index contributed by atoms with van der Waals surface area (Å²) < 4.78 is 0. The minimum atomic E-state index is -0.472. The lowest BCUT2D eigenvalue weighted by Gasteiger charge is -2.09. The van der Waals surface area contributed by atoms with E-state index in [1.165, 1.54) is 0 Å². The number of benzene rings is 1. The fraction of sp³-hybridized carbons (Fsp3) is 0.267. The molecule has 0 aliphatic carbocycles. The zero-order chi connectivity index (χ0) is 17.4. The third kappa shape index (κ3) is 5.84. The molecule has 0 saturated heterocycles. The molecule has 2 amide bonds. The van der Waals surface area contributed by atoms with Gasteiger partial charge in [-0.2, -0.15) is 4.98 Å². The highest BCUT2D eigenvalue weighted by molar-refractivity contribution is 6.42.